The number of carboxylic acids is 1. The van der Waals surface area contributed by atoms with Crippen molar-refractivity contribution in [2.24, 2.45) is 5.92 Å². The highest BCUT2D eigenvalue weighted by molar-refractivity contribution is 5.86. The van der Waals surface area contributed by atoms with Crippen LogP contribution in [0, 0.1) is 5.92 Å². The molecule has 0 bridgehead atoms. The molecule has 3 N–H and O–H groups in total. The molecular formula is C26H32N2O6. The lowest BCUT2D eigenvalue weighted by Crippen LogP contribution is -2.49. The van der Waals surface area contributed by atoms with Gasteiger partial charge in [0.1, 0.15) is 18.8 Å². The van der Waals surface area contributed by atoms with E-state index in [1.54, 1.807) is 6.92 Å². The number of hydrogen-bond donors (Lipinski definition) is 3. The van der Waals surface area contributed by atoms with Gasteiger partial charge in [-0.15, -0.1) is 0 Å². The Labute approximate surface area is 199 Å². The van der Waals surface area contributed by atoms with Crippen molar-refractivity contribution in [2.45, 2.75) is 44.8 Å². The fourth-order valence-electron chi connectivity index (χ4n) is 4.24. The second-order valence-electron chi connectivity index (χ2n) is 8.48. The Morgan fingerprint density at radius 1 is 1.03 bits per heavy atom. The Kier molecular flexibility index (Phi) is 8.65. The van der Waals surface area contributed by atoms with E-state index in [1.165, 1.54) is 7.11 Å². The van der Waals surface area contributed by atoms with Crippen LogP contribution in [0.5, 0.6) is 0 Å². The van der Waals surface area contributed by atoms with Gasteiger partial charge >= 0.3 is 12.1 Å². The number of rotatable bonds is 11. The summed E-state index contributed by atoms with van der Waals surface area (Å²) in [7, 11) is 1.37. The van der Waals surface area contributed by atoms with E-state index in [-0.39, 0.29) is 31.4 Å². The molecule has 3 atom stereocenters. The molecule has 0 aliphatic heterocycles. The number of benzene rings is 2. The third kappa shape index (κ3) is 5.75. The van der Waals surface area contributed by atoms with Crippen LogP contribution in [0.4, 0.5) is 4.79 Å². The third-order valence-electron chi connectivity index (χ3n) is 6.37. The number of amides is 2. The van der Waals surface area contributed by atoms with Gasteiger partial charge in [-0.05, 0) is 28.2 Å². The summed E-state index contributed by atoms with van der Waals surface area (Å²) in [6.45, 7) is 3.96. The fourth-order valence-corrected chi connectivity index (χ4v) is 4.24. The van der Waals surface area contributed by atoms with Crippen LogP contribution in [0.1, 0.15) is 43.7 Å². The van der Waals surface area contributed by atoms with Crippen LogP contribution >= 0.6 is 0 Å². The first-order chi connectivity index (χ1) is 16.4. The summed E-state index contributed by atoms with van der Waals surface area (Å²) in [5.41, 5.74) is 4.56. The van der Waals surface area contributed by atoms with Crippen molar-refractivity contribution in [3.05, 3.63) is 59.7 Å². The molecule has 3 rings (SSSR count). The van der Waals surface area contributed by atoms with Gasteiger partial charge in [-0.1, -0.05) is 68.8 Å². The van der Waals surface area contributed by atoms with Crippen LogP contribution in [0.2, 0.25) is 0 Å². The van der Waals surface area contributed by atoms with E-state index in [4.69, 9.17) is 9.47 Å². The SMILES string of the molecule is CCC(C)C(NC(=O)C(CCNC(=O)OCC1c2ccccc2-c2ccccc21)OC)C(=O)O. The molecular weight excluding hydrogens is 436 g/mol. The van der Waals surface area contributed by atoms with E-state index in [0.717, 1.165) is 22.3 Å². The summed E-state index contributed by atoms with van der Waals surface area (Å²) in [5, 5.41) is 14.5. The van der Waals surface area contributed by atoms with Crippen LogP contribution in [0.15, 0.2) is 48.5 Å². The quantitative estimate of drug-likeness (QED) is 0.465. The highest BCUT2D eigenvalue weighted by atomic mass is 16.5. The molecule has 8 heteroatoms. The lowest BCUT2D eigenvalue weighted by molar-refractivity contribution is -0.145. The fraction of sp³-hybridized carbons (Fsp3) is 0.423. The molecule has 0 fully saturated rings. The van der Waals surface area contributed by atoms with Crippen molar-refractivity contribution >= 4 is 18.0 Å². The molecule has 0 saturated heterocycles. The van der Waals surface area contributed by atoms with Crippen molar-refractivity contribution in [3.63, 3.8) is 0 Å². The summed E-state index contributed by atoms with van der Waals surface area (Å²) < 4.78 is 10.7. The van der Waals surface area contributed by atoms with Gasteiger partial charge in [0.05, 0.1) is 0 Å². The Morgan fingerprint density at radius 2 is 1.62 bits per heavy atom. The Bertz CT molecular complexity index is 978. The van der Waals surface area contributed by atoms with Gasteiger partial charge in [0, 0.05) is 26.0 Å². The molecule has 0 heterocycles. The number of carboxylic acid groups (broad SMARTS) is 1. The minimum Gasteiger partial charge on any atom is -0.480 e. The molecule has 2 aromatic carbocycles. The van der Waals surface area contributed by atoms with E-state index in [2.05, 4.69) is 22.8 Å². The zero-order chi connectivity index (χ0) is 24.7. The number of carbonyl (C=O) groups excluding carboxylic acids is 2. The first kappa shape index (κ1) is 25.2. The summed E-state index contributed by atoms with van der Waals surface area (Å²) >= 11 is 0. The van der Waals surface area contributed by atoms with E-state index < -0.39 is 30.1 Å². The first-order valence-electron chi connectivity index (χ1n) is 11.5. The van der Waals surface area contributed by atoms with Gasteiger partial charge in [-0.2, -0.15) is 0 Å². The second kappa shape index (κ2) is 11.7. The minimum absolute atomic E-state index is 0.0378. The van der Waals surface area contributed by atoms with E-state index in [1.807, 2.05) is 43.3 Å². The Hall–Kier alpha value is -3.39. The van der Waals surface area contributed by atoms with Crippen molar-refractivity contribution in [1.82, 2.24) is 10.6 Å². The van der Waals surface area contributed by atoms with Crippen LogP contribution < -0.4 is 10.6 Å². The molecule has 2 aromatic rings. The average Bonchev–Trinajstić information content (AvgIpc) is 3.16. The number of methoxy groups -OCH3 is 1. The van der Waals surface area contributed by atoms with Crippen molar-refractivity contribution in [1.29, 1.82) is 0 Å². The predicted molar refractivity (Wildman–Crippen MR) is 128 cm³/mol. The molecule has 34 heavy (non-hydrogen) atoms. The largest absolute Gasteiger partial charge is 0.480 e. The van der Waals surface area contributed by atoms with Gasteiger partial charge in [0.2, 0.25) is 5.91 Å². The van der Waals surface area contributed by atoms with Crippen LogP contribution in [0.25, 0.3) is 11.1 Å². The van der Waals surface area contributed by atoms with Crippen molar-refractivity contribution < 1.29 is 29.0 Å². The topological polar surface area (TPSA) is 114 Å². The Morgan fingerprint density at radius 3 is 2.15 bits per heavy atom. The molecule has 0 radical (unpaired) electrons. The van der Waals surface area contributed by atoms with Crippen LogP contribution in [-0.4, -0.2) is 55.5 Å². The molecule has 2 amide bonds. The monoisotopic (exact) mass is 468 g/mol. The molecule has 1 aliphatic carbocycles. The first-order valence-corrected chi connectivity index (χ1v) is 11.5. The zero-order valence-corrected chi connectivity index (χ0v) is 19.7. The molecule has 3 unspecified atom stereocenters. The summed E-state index contributed by atoms with van der Waals surface area (Å²) in [4.78, 5) is 36.2. The molecule has 0 saturated carbocycles. The second-order valence-corrected chi connectivity index (χ2v) is 8.48. The highest BCUT2D eigenvalue weighted by Crippen LogP contribution is 2.44. The van der Waals surface area contributed by atoms with Crippen LogP contribution in [0.3, 0.4) is 0 Å². The van der Waals surface area contributed by atoms with Crippen molar-refractivity contribution in [3.8, 4) is 11.1 Å². The molecule has 0 spiro atoms. The maximum atomic E-state index is 12.5. The van der Waals surface area contributed by atoms with E-state index in [0.29, 0.717) is 6.42 Å². The van der Waals surface area contributed by atoms with Gasteiger partial charge < -0.3 is 25.2 Å². The number of fused-ring (bicyclic) bond motifs is 3. The van der Waals surface area contributed by atoms with Gasteiger partial charge in [-0.25, -0.2) is 9.59 Å². The third-order valence-corrected chi connectivity index (χ3v) is 6.37. The number of hydrogen-bond acceptors (Lipinski definition) is 5. The molecule has 1 aliphatic rings. The lowest BCUT2D eigenvalue weighted by atomic mass is 9.98. The number of nitrogens with one attached hydrogen (secondary N) is 2. The molecule has 182 valence electrons. The van der Waals surface area contributed by atoms with Gasteiger partial charge in [0.15, 0.2) is 0 Å². The number of carbonyl (C=O) groups is 3. The predicted octanol–water partition coefficient (Wildman–Crippen LogP) is 3.55. The summed E-state index contributed by atoms with van der Waals surface area (Å²) in [6.07, 6.45) is -0.683. The normalized spacial score (nSPS) is 14.9. The van der Waals surface area contributed by atoms with E-state index in [9.17, 15) is 19.5 Å². The Balaban J connectivity index is 1.50. The van der Waals surface area contributed by atoms with E-state index >= 15 is 0 Å². The molecule has 0 aromatic heterocycles. The number of alkyl carbamates (subject to hydrolysis) is 1. The van der Waals surface area contributed by atoms with Gasteiger partial charge in [0.25, 0.3) is 0 Å². The smallest absolute Gasteiger partial charge is 0.407 e. The van der Waals surface area contributed by atoms with Crippen molar-refractivity contribution in [2.75, 3.05) is 20.3 Å². The summed E-state index contributed by atoms with van der Waals surface area (Å²) in [5.74, 6) is -1.87. The average molecular weight is 469 g/mol. The number of ether oxygens (including phenoxy) is 2. The van der Waals surface area contributed by atoms with Gasteiger partial charge in [-0.3, -0.25) is 4.79 Å². The zero-order valence-electron chi connectivity index (χ0n) is 19.7. The maximum Gasteiger partial charge on any atom is 0.407 e. The number of aliphatic carboxylic acids is 1. The standard InChI is InChI=1S/C26H32N2O6/c1-4-16(2)23(25(30)31)28-24(29)22(33-3)13-14-27-26(32)34-15-21-19-11-7-5-9-17(19)18-10-6-8-12-20(18)21/h5-12,16,21-23H,4,13-15H2,1-3H3,(H,27,32)(H,28,29)(H,30,31). The minimum atomic E-state index is -1.09. The molecule has 8 nitrogen and oxygen atoms in total. The highest BCUT2D eigenvalue weighted by Gasteiger charge is 2.30. The lowest BCUT2D eigenvalue weighted by Gasteiger charge is -2.23. The van der Waals surface area contributed by atoms with Crippen LogP contribution in [-0.2, 0) is 19.1 Å². The summed E-state index contributed by atoms with van der Waals surface area (Å²) in [6, 6.07) is 15.2. The maximum absolute atomic E-state index is 12.5.